The monoisotopic (exact) mass is 144 g/mol. The van der Waals surface area contributed by atoms with Crippen molar-refractivity contribution in [1.82, 2.24) is 0 Å². The Balaban J connectivity index is 2.18. The maximum atomic E-state index is 5.45. The summed E-state index contributed by atoms with van der Waals surface area (Å²) in [6, 6.07) is 0. The molecule has 0 saturated carbocycles. The number of hydrogen-bond acceptors (Lipinski definition) is 2. The van der Waals surface area contributed by atoms with E-state index in [9.17, 15) is 0 Å². The molecule has 0 unspecified atom stereocenters. The van der Waals surface area contributed by atoms with Crippen molar-refractivity contribution in [2.45, 2.75) is 39.6 Å². The van der Waals surface area contributed by atoms with Gasteiger partial charge in [-0.05, 0) is 12.8 Å². The fourth-order valence-electron chi connectivity index (χ4n) is 1.09. The molecule has 10 heavy (non-hydrogen) atoms. The van der Waals surface area contributed by atoms with Crippen LogP contribution in [-0.2, 0) is 9.47 Å². The lowest BCUT2D eigenvalue weighted by Gasteiger charge is -2.11. The normalized spacial score (nSPS) is 33.6. The van der Waals surface area contributed by atoms with E-state index in [1.54, 1.807) is 0 Å². The van der Waals surface area contributed by atoms with Gasteiger partial charge in [-0.3, -0.25) is 0 Å². The summed E-state index contributed by atoms with van der Waals surface area (Å²) in [6.07, 6.45) is 1.38. The molecule has 0 aromatic carbocycles. The van der Waals surface area contributed by atoms with Crippen LogP contribution >= 0.6 is 0 Å². The SMILES string of the molecule is CC(C)C[C@@H]1OC[C@H](C)O1. The first-order valence-corrected chi connectivity index (χ1v) is 3.95. The average molecular weight is 144 g/mol. The zero-order valence-corrected chi connectivity index (χ0v) is 6.96. The average Bonchev–Trinajstić information content (AvgIpc) is 2.13. The molecule has 0 aromatic heterocycles. The lowest BCUT2D eigenvalue weighted by atomic mass is 10.1. The summed E-state index contributed by atoms with van der Waals surface area (Å²) in [6.45, 7) is 7.16. The number of rotatable bonds is 2. The van der Waals surface area contributed by atoms with E-state index in [0.29, 0.717) is 12.0 Å². The highest BCUT2D eigenvalue weighted by molar-refractivity contribution is 4.61. The van der Waals surface area contributed by atoms with Gasteiger partial charge in [0.25, 0.3) is 0 Å². The number of ether oxygens (including phenoxy) is 2. The summed E-state index contributed by atoms with van der Waals surface area (Å²) in [5.74, 6) is 0.662. The molecule has 2 atom stereocenters. The minimum absolute atomic E-state index is 0.0648. The summed E-state index contributed by atoms with van der Waals surface area (Å²) >= 11 is 0. The van der Waals surface area contributed by atoms with E-state index in [-0.39, 0.29) is 6.29 Å². The smallest absolute Gasteiger partial charge is 0.158 e. The molecule has 1 aliphatic heterocycles. The molecule has 2 heteroatoms. The van der Waals surface area contributed by atoms with Crippen LogP contribution in [0.4, 0.5) is 0 Å². The van der Waals surface area contributed by atoms with Gasteiger partial charge in [-0.2, -0.15) is 0 Å². The van der Waals surface area contributed by atoms with Crippen molar-refractivity contribution >= 4 is 0 Å². The molecule has 0 radical (unpaired) electrons. The largest absolute Gasteiger partial charge is 0.350 e. The Kier molecular flexibility index (Phi) is 2.69. The van der Waals surface area contributed by atoms with Crippen LogP contribution in [-0.4, -0.2) is 19.0 Å². The van der Waals surface area contributed by atoms with Crippen LogP contribution in [0.25, 0.3) is 0 Å². The van der Waals surface area contributed by atoms with Crippen molar-refractivity contribution in [2.75, 3.05) is 6.61 Å². The van der Waals surface area contributed by atoms with Gasteiger partial charge in [0, 0.05) is 6.42 Å². The Morgan fingerprint density at radius 2 is 2.20 bits per heavy atom. The molecule has 0 N–H and O–H groups in total. The van der Waals surface area contributed by atoms with E-state index in [0.717, 1.165) is 13.0 Å². The zero-order chi connectivity index (χ0) is 7.56. The molecule has 1 fully saturated rings. The Labute approximate surface area is 62.5 Å². The molecule has 1 rings (SSSR count). The highest BCUT2D eigenvalue weighted by atomic mass is 16.7. The summed E-state index contributed by atoms with van der Waals surface area (Å²) in [7, 11) is 0. The highest BCUT2D eigenvalue weighted by Gasteiger charge is 2.22. The van der Waals surface area contributed by atoms with E-state index in [4.69, 9.17) is 9.47 Å². The lowest BCUT2D eigenvalue weighted by molar-refractivity contribution is -0.0661. The standard InChI is InChI=1S/C8H16O2/c1-6(2)4-8-9-5-7(3)10-8/h6-8H,4-5H2,1-3H3/t7-,8+/m0/s1. The Morgan fingerprint density at radius 3 is 2.60 bits per heavy atom. The second-order valence-electron chi connectivity index (χ2n) is 3.34. The Hall–Kier alpha value is -0.0800. The van der Waals surface area contributed by atoms with Crippen molar-refractivity contribution in [3.05, 3.63) is 0 Å². The van der Waals surface area contributed by atoms with Gasteiger partial charge in [0.1, 0.15) is 0 Å². The first-order valence-electron chi connectivity index (χ1n) is 3.95. The van der Waals surface area contributed by atoms with Gasteiger partial charge in [0.05, 0.1) is 12.7 Å². The third kappa shape index (κ3) is 2.27. The quantitative estimate of drug-likeness (QED) is 0.588. The predicted octanol–water partition coefficient (Wildman–Crippen LogP) is 1.79. The molecule has 0 aromatic rings. The van der Waals surface area contributed by atoms with Gasteiger partial charge in [0.2, 0.25) is 0 Å². The fraction of sp³-hybridized carbons (Fsp3) is 1.00. The van der Waals surface area contributed by atoms with Crippen LogP contribution < -0.4 is 0 Å². The summed E-state index contributed by atoms with van der Waals surface area (Å²) in [5, 5.41) is 0. The molecule has 0 spiro atoms. The third-order valence-corrected chi connectivity index (χ3v) is 1.56. The Morgan fingerprint density at radius 1 is 1.50 bits per heavy atom. The van der Waals surface area contributed by atoms with Crippen molar-refractivity contribution in [3.63, 3.8) is 0 Å². The molecule has 1 heterocycles. The van der Waals surface area contributed by atoms with E-state index in [2.05, 4.69) is 13.8 Å². The van der Waals surface area contributed by atoms with Gasteiger partial charge in [0.15, 0.2) is 6.29 Å². The molecule has 1 saturated heterocycles. The van der Waals surface area contributed by atoms with Crippen LogP contribution in [0.5, 0.6) is 0 Å². The van der Waals surface area contributed by atoms with Crippen LogP contribution in [0, 0.1) is 5.92 Å². The van der Waals surface area contributed by atoms with Gasteiger partial charge >= 0.3 is 0 Å². The first kappa shape index (κ1) is 8.02. The minimum atomic E-state index is 0.0648. The van der Waals surface area contributed by atoms with Crippen LogP contribution in [0.15, 0.2) is 0 Å². The van der Waals surface area contributed by atoms with E-state index >= 15 is 0 Å². The zero-order valence-electron chi connectivity index (χ0n) is 6.96. The molecule has 1 aliphatic rings. The molecular weight excluding hydrogens is 128 g/mol. The minimum Gasteiger partial charge on any atom is -0.350 e. The van der Waals surface area contributed by atoms with Crippen molar-refractivity contribution in [2.24, 2.45) is 5.92 Å². The summed E-state index contributed by atoms with van der Waals surface area (Å²) in [5.41, 5.74) is 0. The lowest BCUT2D eigenvalue weighted by Crippen LogP contribution is -2.11. The van der Waals surface area contributed by atoms with Gasteiger partial charge in [-0.25, -0.2) is 0 Å². The maximum absolute atomic E-state index is 5.45. The van der Waals surface area contributed by atoms with Gasteiger partial charge in [-0.15, -0.1) is 0 Å². The second kappa shape index (κ2) is 3.35. The topological polar surface area (TPSA) is 18.5 Å². The maximum Gasteiger partial charge on any atom is 0.158 e. The van der Waals surface area contributed by atoms with Crippen molar-refractivity contribution < 1.29 is 9.47 Å². The van der Waals surface area contributed by atoms with Gasteiger partial charge in [-0.1, -0.05) is 13.8 Å². The molecule has 0 bridgehead atoms. The van der Waals surface area contributed by atoms with E-state index < -0.39 is 0 Å². The first-order chi connectivity index (χ1) is 4.68. The summed E-state index contributed by atoms with van der Waals surface area (Å²) in [4.78, 5) is 0. The second-order valence-corrected chi connectivity index (χ2v) is 3.34. The van der Waals surface area contributed by atoms with E-state index in [1.807, 2.05) is 6.92 Å². The predicted molar refractivity (Wildman–Crippen MR) is 39.7 cm³/mol. The number of hydrogen-bond donors (Lipinski definition) is 0. The van der Waals surface area contributed by atoms with Crippen molar-refractivity contribution in [3.8, 4) is 0 Å². The Bertz CT molecular complexity index is 101. The van der Waals surface area contributed by atoms with Crippen LogP contribution in [0.1, 0.15) is 27.2 Å². The highest BCUT2D eigenvalue weighted by Crippen LogP contribution is 2.17. The molecule has 60 valence electrons. The molecule has 0 amide bonds. The molecular formula is C8H16O2. The molecule has 2 nitrogen and oxygen atoms in total. The molecule has 0 aliphatic carbocycles. The van der Waals surface area contributed by atoms with Crippen LogP contribution in [0.3, 0.4) is 0 Å². The third-order valence-electron chi connectivity index (χ3n) is 1.56. The fourth-order valence-corrected chi connectivity index (χ4v) is 1.09. The van der Waals surface area contributed by atoms with Gasteiger partial charge < -0.3 is 9.47 Å². The van der Waals surface area contributed by atoms with E-state index in [1.165, 1.54) is 0 Å². The summed E-state index contributed by atoms with van der Waals surface area (Å²) < 4.78 is 10.8. The van der Waals surface area contributed by atoms with Crippen molar-refractivity contribution in [1.29, 1.82) is 0 Å². The van der Waals surface area contributed by atoms with Crippen LogP contribution in [0.2, 0.25) is 0 Å².